The van der Waals surface area contributed by atoms with Crippen molar-refractivity contribution >= 4 is 21.6 Å². The lowest BCUT2D eigenvalue weighted by Gasteiger charge is -2.30. The van der Waals surface area contributed by atoms with Gasteiger partial charge >= 0.3 is 10.2 Å². The van der Waals surface area contributed by atoms with Crippen LogP contribution in [-0.4, -0.2) is 15.0 Å². The van der Waals surface area contributed by atoms with Crippen molar-refractivity contribution in [3.05, 3.63) is 59.9 Å². The van der Waals surface area contributed by atoms with Gasteiger partial charge in [-0.25, -0.2) is 4.39 Å². The molecule has 3 rings (SSSR count). The molecule has 0 saturated carbocycles. The summed E-state index contributed by atoms with van der Waals surface area (Å²) in [6.45, 7) is 0.418. The minimum atomic E-state index is -3.75. The van der Waals surface area contributed by atoms with Gasteiger partial charge in [0.2, 0.25) is 0 Å². The van der Waals surface area contributed by atoms with Crippen molar-refractivity contribution < 1.29 is 12.8 Å². The number of aryl methyl sites for hydroxylation is 1. The van der Waals surface area contributed by atoms with E-state index in [0.29, 0.717) is 12.2 Å². The third kappa shape index (κ3) is 2.85. The van der Waals surface area contributed by atoms with Crippen molar-refractivity contribution in [2.45, 2.75) is 12.8 Å². The Morgan fingerprint density at radius 3 is 2.71 bits per heavy atom. The highest BCUT2D eigenvalue weighted by Crippen LogP contribution is 2.29. The SMILES string of the molecule is O=S(=O)(Nc1cccc(F)c1)N1CCCc2ccccc21. The van der Waals surface area contributed by atoms with E-state index in [0.717, 1.165) is 24.5 Å². The molecule has 6 heteroatoms. The third-order valence-corrected chi connectivity index (χ3v) is 4.88. The number of anilines is 2. The lowest BCUT2D eigenvalue weighted by Crippen LogP contribution is -2.39. The Morgan fingerprint density at radius 2 is 1.90 bits per heavy atom. The number of nitrogens with one attached hydrogen (secondary N) is 1. The van der Waals surface area contributed by atoms with Gasteiger partial charge in [-0.15, -0.1) is 0 Å². The lowest BCUT2D eigenvalue weighted by atomic mass is 10.0. The molecule has 110 valence electrons. The predicted molar refractivity (Wildman–Crippen MR) is 81.1 cm³/mol. The number of fused-ring (bicyclic) bond motifs is 1. The molecule has 0 saturated heterocycles. The maximum atomic E-state index is 13.2. The van der Waals surface area contributed by atoms with Gasteiger partial charge in [-0.3, -0.25) is 9.03 Å². The molecule has 1 aliphatic heterocycles. The zero-order chi connectivity index (χ0) is 14.9. The molecule has 0 radical (unpaired) electrons. The van der Waals surface area contributed by atoms with Crippen molar-refractivity contribution in [1.29, 1.82) is 0 Å². The van der Waals surface area contributed by atoms with E-state index in [1.165, 1.54) is 22.5 Å². The number of benzene rings is 2. The van der Waals surface area contributed by atoms with Crippen LogP contribution >= 0.6 is 0 Å². The van der Waals surface area contributed by atoms with E-state index in [-0.39, 0.29) is 5.69 Å². The summed E-state index contributed by atoms with van der Waals surface area (Å²) in [7, 11) is -3.75. The molecule has 2 aromatic carbocycles. The van der Waals surface area contributed by atoms with E-state index < -0.39 is 16.0 Å². The smallest absolute Gasteiger partial charge is 0.266 e. The first-order valence-corrected chi connectivity index (χ1v) is 8.14. The van der Waals surface area contributed by atoms with Crippen molar-refractivity contribution in [2.75, 3.05) is 15.6 Å². The van der Waals surface area contributed by atoms with Gasteiger partial charge in [0.05, 0.1) is 11.4 Å². The zero-order valence-electron chi connectivity index (χ0n) is 11.3. The molecule has 0 spiro atoms. The molecule has 21 heavy (non-hydrogen) atoms. The Labute approximate surface area is 123 Å². The van der Waals surface area contributed by atoms with Gasteiger partial charge in [0.25, 0.3) is 0 Å². The standard InChI is InChI=1S/C15H15FN2O2S/c16-13-7-3-8-14(11-13)17-21(19,20)18-10-4-6-12-5-1-2-9-15(12)18/h1-3,5,7-9,11,17H,4,6,10H2. The molecule has 1 aliphatic rings. The Morgan fingerprint density at radius 1 is 1.10 bits per heavy atom. The van der Waals surface area contributed by atoms with Crippen LogP contribution in [0.4, 0.5) is 15.8 Å². The number of nitrogens with zero attached hydrogens (tertiary/aromatic N) is 1. The van der Waals surface area contributed by atoms with E-state index >= 15 is 0 Å². The van der Waals surface area contributed by atoms with Crippen molar-refractivity contribution in [3.8, 4) is 0 Å². The second-order valence-electron chi connectivity index (χ2n) is 4.92. The summed E-state index contributed by atoms with van der Waals surface area (Å²) in [4.78, 5) is 0. The molecule has 0 fully saturated rings. The van der Waals surface area contributed by atoms with Crippen molar-refractivity contribution in [2.24, 2.45) is 0 Å². The van der Waals surface area contributed by atoms with Crippen LogP contribution in [0.2, 0.25) is 0 Å². The molecule has 0 amide bonds. The average Bonchev–Trinajstić information content (AvgIpc) is 2.46. The van der Waals surface area contributed by atoms with Crippen LogP contribution in [0.3, 0.4) is 0 Å². The fourth-order valence-electron chi connectivity index (χ4n) is 2.50. The lowest BCUT2D eigenvalue weighted by molar-refractivity contribution is 0.591. The van der Waals surface area contributed by atoms with Crippen LogP contribution in [0.5, 0.6) is 0 Å². The molecule has 0 atom stereocenters. The van der Waals surface area contributed by atoms with E-state index in [1.807, 2.05) is 18.2 Å². The quantitative estimate of drug-likeness (QED) is 0.948. The highest BCUT2D eigenvalue weighted by molar-refractivity contribution is 7.94. The summed E-state index contributed by atoms with van der Waals surface area (Å²) in [5.74, 6) is -0.478. The molecule has 2 aromatic rings. The minimum Gasteiger partial charge on any atom is -0.266 e. The second-order valence-corrected chi connectivity index (χ2v) is 6.52. The molecule has 1 heterocycles. The van der Waals surface area contributed by atoms with Gasteiger partial charge in [-0.1, -0.05) is 24.3 Å². The summed E-state index contributed by atoms with van der Waals surface area (Å²) >= 11 is 0. The van der Waals surface area contributed by atoms with E-state index in [4.69, 9.17) is 0 Å². The average molecular weight is 306 g/mol. The van der Waals surface area contributed by atoms with Crippen LogP contribution in [0.1, 0.15) is 12.0 Å². The number of rotatable bonds is 3. The Kier molecular flexibility index (Phi) is 3.55. The molecular formula is C15H15FN2O2S. The van der Waals surface area contributed by atoms with Crippen molar-refractivity contribution in [1.82, 2.24) is 0 Å². The Hall–Kier alpha value is -2.08. The molecule has 0 unspecified atom stereocenters. The van der Waals surface area contributed by atoms with E-state index in [2.05, 4.69) is 4.72 Å². The minimum absolute atomic E-state index is 0.220. The topological polar surface area (TPSA) is 49.4 Å². The summed E-state index contributed by atoms with van der Waals surface area (Å²) in [6, 6.07) is 12.9. The van der Waals surface area contributed by atoms with Gasteiger partial charge in [0, 0.05) is 6.54 Å². The van der Waals surface area contributed by atoms with Gasteiger partial charge in [-0.05, 0) is 42.7 Å². The Bertz CT molecular complexity index is 762. The third-order valence-electron chi connectivity index (χ3n) is 3.43. The number of hydrogen-bond donors (Lipinski definition) is 1. The highest BCUT2D eigenvalue weighted by atomic mass is 32.2. The van der Waals surface area contributed by atoms with Crippen LogP contribution < -0.4 is 9.03 Å². The van der Waals surface area contributed by atoms with E-state index in [9.17, 15) is 12.8 Å². The first kappa shape index (κ1) is 13.9. The zero-order valence-corrected chi connectivity index (χ0v) is 12.1. The summed E-state index contributed by atoms with van der Waals surface area (Å²) in [5, 5.41) is 0. The molecule has 0 aromatic heterocycles. The molecule has 1 N–H and O–H groups in total. The largest absolute Gasteiger partial charge is 0.323 e. The first-order valence-electron chi connectivity index (χ1n) is 6.70. The van der Waals surface area contributed by atoms with Crippen LogP contribution in [0, 0.1) is 5.82 Å². The first-order chi connectivity index (χ1) is 10.1. The van der Waals surface area contributed by atoms with Crippen LogP contribution in [0.15, 0.2) is 48.5 Å². The van der Waals surface area contributed by atoms with Crippen molar-refractivity contribution in [3.63, 3.8) is 0 Å². The number of halogens is 1. The number of para-hydroxylation sites is 1. The predicted octanol–water partition coefficient (Wildman–Crippen LogP) is 2.94. The summed E-state index contributed by atoms with van der Waals surface area (Å²) < 4.78 is 42.0. The maximum absolute atomic E-state index is 13.2. The van der Waals surface area contributed by atoms with Gasteiger partial charge in [-0.2, -0.15) is 8.42 Å². The van der Waals surface area contributed by atoms with Crippen LogP contribution in [-0.2, 0) is 16.6 Å². The second kappa shape index (κ2) is 5.37. The monoisotopic (exact) mass is 306 g/mol. The van der Waals surface area contributed by atoms with E-state index in [1.54, 1.807) is 6.07 Å². The van der Waals surface area contributed by atoms with Gasteiger partial charge in [0.1, 0.15) is 5.82 Å². The maximum Gasteiger partial charge on any atom is 0.323 e. The molecule has 0 aliphatic carbocycles. The fraction of sp³-hybridized carbons (Fsp3) is 0.200. The summed E-state index contributed by atoms with van der Waals surface area (Å²) in [5.41, 5.74) is 1.92. The molecule has 0 bridgehead atoms. The van der Waals surface area contributed by atoms with Crippen LogP contribution in [0.25, 0.3) is 0 Å². The summed E-state index contributed by atoms with van der Waals surface area (Å²) in [6.07, 6.45) is 1.63. The highest BCUT2D eigenvalue weighted by Gasteiger charge is 2.27. The van der Waals surface area contributed by atoms with Gasteiger partial charge < -0.3 is 0 Å². The fourth-order valence-corrected chi connectivity index (χ4v) is 3.85. The Balaban J connectivity index is 1.93. The molecular weight excluding hydrogens is 291 g/mol. The molecule has 4 nitrogen and oxygen atoms in total. The normalized spacial score (nSPS) is 14.6. The van der Waals surface area contributed by atoms with Gasteiger partial charge in [0.15, 0.2) is 0 Å². The number of hydrogen-bond acceptors (Lipinski definition) is 2.